The van der Waals surface area contributed by atoms with Gasteiger partial charge in [-0.25, -0.2) is 4.98 Å². The van der Waals surface area contributed by atoms with E-state index in [2.05, 4.69) is 20.5 Å². The van der Waals surface area contributed by atoms with Gasteiger partial charge in [-0.05, 0) is 31.5 Å². The molecular formula is C14H21ClN4O. The highest BCUT2D eigenvalue weighted by atomic mass is 35.5. The summed E-state index contributed by atoms with van der Waals surface area (Å²) in [7, 11) is 3.51. The van der Waals surface area contributed by atoms with Gasteiger partial charge in [-0.1, -0.05) is 18.0 Å². The van der Waals surface area contributed by atoms with E-state index in [4.69, 9.17) is 11.6 Å². The molecule has 110 valence electrons. The van der Waals surface area contributed by atoms with E-state index in [9.17, 15) is 4.79 Å². The second kappa shape index (κ2) is 6.90. The van der Waals surface area contributed by atoms with E-state index in [0.717, 1.165) is 37.3 Å². The third kappa shape index (κ3) is 3.41. The monoisotopic (exact) mass is 296 g/mol. The predicted molar refractivity (Wildman–Crippen MR) is 80.9 cm³/mol. The summed E-state index contributed by atoms with van der Waals surface area (Å²) in [5, 5.41) is 6.39. The van der Waals surface area contributed by atoms with Crippen LogP contribution < -0.4 is 10.6 Å². The normalized spacial score (nSPS) is 19.6. The van der Waals surface area contributed by atoms with Gasteiger partial charge < -0.3 is 10.6 Å². The summed E-state index contributed by atoms with van der Waals surface area (Å²) in [5.41, 5.74) is 0.814. The Morgan fingerprint density at radius 3 is 2.95 bits per heavy atom. The number of likely N-dealkylation sites (tertiary alicyclic amines) is 1. The highest BCUT2D eigenvalue weighted by Crippen LogP contribution is 2.23. The minimum absolute atomic E-state index is 0.0746. The Morgan fingerprint density at radius 1 is 1.45 bits per heavy atom. The van der Waals surface area contributed by atoms with Gasteiger partial charge in [0.25, 0.3) is 0 Å². The molecule has 1 saturated heterocycles. The van der Waals surface area contributed by atoms with Crippen molar-refractivity contribution in [2.75, 3.05) is 26.0 Å². The molecule has 6 heteroatoms. The van der Waals surface area contributed by atoms with E-state index < -0.39 is 0 Å². The van der Waals surface area contributed by atoms with Crippen LogP contribution in [0.25, 0.3) is 0 Å². The molecule has 2 heterocycles. The molecule has 2 rings (SSSR count). The molecule has 0 aromatic carbocycles. The van der Waals surface area contributed by atoms with E-state index in [1.807, 2.05) is 19.2 Å². The number of hydrogen-bond acceptors (Lipinski definition) is 4. The van der Waals surface area contributed by atoms with Crippen LogP contribution in [0.1, 0.15) is 25.0 Å². The Balaban J connectivity index is 2.16. The van der Waals surface area contributed by atoms with E-state index in [-0.39, 0.29) is 11.9 Å². The minimum Gasteiger partial charge on any atom is -0.373 e. The van der Waals surface area contributed by atoms with Crippen LogP contribution in [0.15, 0.2) is 12.1 Å². The molecule has 1 aliphatic rings. The Kier molecular flexibility index (Phi) is 5.20. The van der Waals surface area contributed by atoms with Crippen molar-refractivity contribution in [2.24, 2.45) is 0 Å². The maximum absolute atomic E-state index is 12.0. The number of likely N-dealkylation sites (N-methyl/N-ethyl adjacent to an activating group) is 1. The number of pyridine rings is 1. The largest absolute Gasteiger partial charge is 0.373 e. The first-order valence-electron chi connectivity index (χ1n) is 6.94. The molecule has 5 nitrogen and oxygen atoms in total. The van der Waals surface area contributed by atoms with Gasteiger partial charge in [0.1, 0.15) is 5.82 Å². The zero-order valence-corrected chi connectivity index (χ0v) is 12.7. The maximum atomic E-state index is 12.0. The standard InChI is InChI=1S/C14H21ClN4O/c1-16-13-7-6-10(15)11(18-13)9-19-8-4-3-5-12(19)14(20)17-2/h6-7,12H,3-5,8-9H2,1-2H3,(H,16,18)(H,17,20). The second-order valence-corrected chi connectivity index (χ2v) is 5.38. The van der Waals surface area contributed by atoms with Crippen LogP contribution in [0, 0.1) is 0 Å². The molecule has 1 aromatic rings. The Bertz CT molecular complexity index is 480. The number of hydrogen-bond donors (Lipinski definition) is 2. The molecule has 1 amide bonds. The van der Waals surface area contributed by atoms with E-state index in [0.29, 0.717) is 11.6 Å². The summed E-state index contributed by atoms with van der Waals surface area (Å²) in [6.07, 6.45) is 3.09. The molecule has 2 N–H and O–H groups in total. The van der Waals surface area contributed by atoms with E-state index >= 15 is 0 Å². The fraction of sp³-hybridized carbons (Fsp3) is 0.571. The van der Waals surface area contributed by atoms with Crippen molar-refractivity contribution in [3.63, 3.8) is 0 Å². The Hall–Kier alpha value is -1.33. The summed E-state index contributed by atoms with van der Waals surface area (Å²) in [6, 6.07) is 3.61. The average molecular weight is 297 g/mol. The van der Waals surface area contributed by atoms with Gasteiger partial charge in [0.15, 0.2) is 0 Å². The number of nitrogens with one attached hydrogen (secondary N) is 2. The molecule has 0 radical (unpaired) electrons. The lowest BCUT2D eigenvalue weighted by Gasteiger charge is -2.34. The number of piperidine rings is 1. The van der Waals surface area contributed by atoms with Crippen molar-refractivity contribution in [3.8, 4) is 0 Å². The molecule has 0 saturated carbocycles. The highest BCUT2D eigenvalue weighted by molar-refractivity contribution is 6.31. The predicted octanol–water partition coefficient (Wildman–Crippen LogP) is 1.88. The number of halogens is 1. The zero-order chi connectivity index (χ0) is 14.5. The van der Waals surface area contributed by atoms with Crippen LogP contribution in [0.5, 0.6) is 0 Å². The van der Waals surface area contributed by atoms with Crippen LogP contribution in [-0.2, 0) is 11.3 Å². The quantitative estimate of drug-likeness (QED) is 0.891. The van der Waals surface area contributed by atoms with Crippen molar-refractivity contribution < 1.29 is 4.79 Å². The average Bonchev–Trinajstić information content (AvgIpc) is 2.49. The lowest BCUT2D eigenvalue weighted by atomic mass is 10.0. The van der Waals surface area contributed by atoms with E-state index in [1.54, 1.807) is 7.05 Å². The number of carbonyl (C=O) groups is 1. The number of amides is 1. The van der Waals surface area contributed by atoms with Gasteiger partial charge in [0.05, 0.1) is 16.8 Å². The summed E-state index contributed by atoms with van der Waals surface area (Å²) in [6.45, 7) is 1.51. The molecule has 0 aliphatic carbocycles. The van der Waals surface area contributed by atoms with Gasteiger partial charge in [-0.3, -0.25) is 9.69 Å². The van der Waals surface area contributed by atoms with Gasteiger partial charge >= 0.3 is 0 Å². The van der Waals surface area contributed by atoms with Crippen molar-refractivity contribution in [1.29, 1.82) is 0 Å². The number of anilines is 1. The molecule has 1 fully saturated rings. The van der Waals surface area contributed by atoms with Gasteiger partial charge in [0.2, 0.25) is 5.91 Å². The number of nitrogens with zero attached hydrogens (tertiary/aromatic N) is 2. The summed E-state index contributed by atoms with van der Waals surface area (Å²) < 4.78 is 0. The number of aromatic nitrogens is 1. The van der Waals surface area contributed by atoms with Crippen molar-refractivity contribution >= 4 is 23.3 Å². The number of rotatable bonds is 4. The molecule has 1 aliphatic heterocycles. The van der Waals surface area contributed by atoms with Gasteiger partial charge in [0, 0.05) is 20.6 Å². The topological polar surface area (TPSA) is 57.3 Å². The van der Waals surface area contributed by atoms with Crippen LogP contribution in [0.2, 0.25) is 5.02 Å². The van der Waals surface area contributed by atoms with Crippen LogP contribution >= 0.6 is 11.6 Å². The molecule has 0 bridgehead atoms. The first-order chi connectivity index (χ1) is 9.65. The lowest BCUT2D eigenvalue weighted by molar-refractivity contribution is -0.127. The molecule has 20 heavy (non-hydrogen) atoms. The maximum Gasteiger partial charge on any atom is 0.237 e. The number of carbonyl (C=O) groups excluding carboxylic acids is 1. The SMILES string of the molecule is CNC(=O)C1CCCCN1Cc1nc(NC)ccc1Cl. The van der Waals surface area contributed by atoms with Crippen LogP contribution in [-0.4, -0.2) is 42.5 Å². The fourth-order valence-electron chi connectivity index (χ4n) is 2.57. The smallest absolute Gasteiger partial charge is 0.237 e. The van der Waals surface area contributed by atoms with Crippen LogP contribution in [0.3, 0.4) is 0 Å². The lowest BCUT2D eigenvalue weighted by Crippen LogP contribution is -2.48. The third-order valence-electron chi connectivity index (χ3n) is 3.69. The fourth-order valence-corrected chi connectivity index (χ4v) is 2.74. The molecule has 1 aromatic heterocycles. The summed E-state index contributed by atoms with van der Waals surface area (Å²) in [5.74, 6) is 0.864. The zero-order valence-electron chi connectivity index (χ0n) is 11.9. The highest BCUT2D eigenvalue weighted by Gasteiger charge is 2.28. The molecule has 1 unspecified atom stereocenters. The van der Waals surface area contributed by atoms with Crippen molar-refractivity contribution in [3.05, 3.63) is 22.8 Å². The van der Waals surface area contributed by atoms with Crippen molar-refractivity contribution in [2.45, 2.75) is 31.8 Å². The minimum atomic E-state index is -0.0788. The Labute approximate surface area is 124 Å². The van der Waals surface area contributed by atoms with Crippen LogP contribution in [0.4, 0.5) is 5.82 Å². The molecule has 1 atom stereocenters. The van der Waals surface area contributed by atoms with Crippen molar-refractivity contribution in [1.82, 2.24) is 15.2 Å². The third-order valence-corrected chi connectivity index (χ3v) is 4.03. The molecular weight excluding hydrogens is 276 g/mol. The summed E-state index contributed by atoms with van der Waals surface area (Å²) in [4.78, 5) is 18.6. The second-order valence-electron chi connectivity index (χ2n) is 4.97. The molecule has 0 spiro atoms. The summed E-state index contributed by atoms with van der Waals surface area (Å²) >= 11 is 6.22. The Morgan fingerprint density at radius 2 is 2.25 bits per heavy atom. The van der Waals surface area contributed by atoms with Gasteiger partial charge in [-0.2, -0.15) is 0 Å². The first kappa shape index (κ1) is 15.1. The van der Waals surface area contributed by atoms with Gasteiger partial charge in [-0.15, -0.1) is 0 Å². The first-order valence-corrected chi connectivity index (χ1v) is 7.32. The van der Waals surface area contributed by atoms with E-state index in [1.165, 1.54) is 0 Å².